The number of aliphatic hydroxyl groups is 1. The minimum atomic E-state index is -0.434. The van der Waals surface area contributed by atoms with E-state index in [1.54, 1.807) is 0 Å². The molecule has 1 saturated carbocycles. The molecular formula is C18H27NO2. The highest BCUT2D eigenvalue weighted by atomic mass is 16.5. The number of rotatable bonds is 4. The summed E-state index contributed by atoms with van der Waals surface area (Å²) in [5.41, 5.74) is 2.04. The summed E-state index contributed by atoms with van der Waals surface area (Å²) in [6, 6.07) is 4.14. The summed E-state index contributed by atoms with van der Waals surface area (Å²) in [4.78, 5) is 4.55. The summed E-state index contributed by atoms with van der Waals surface area (Å²) in [5, 5.41) is 11.2. The Bertz CT molecular complexity index is 486. The van der Waals surface area contributed by atoms with Crippen molar-refractivity contribution in [2.75, 3.05) is 6.61 Å². The quantitative estimate of drug-likeness (QED) is 0.923. The second-order valence-electron chi connectivity index (χ2n) is 6.84. The van der Waals surface area contributed by atoms with Gasteiger partial charge in [-0.15, -0.1) is 0 Å². The summed E-state index contributed by atoms with van der Waals surface area (Å²) in [5.74, 6) is 0.766. The topological polar surface area (TPSA) is 42.4 Å². The van der Waals surface area contributed by atoms with Crippen molar-refractivity contribution in [3.8, 4) is 0 Å². The average Bonchev–Trinajstić information content (AvgIpc) is 2.90. The average molecular weight is 289 g/mol. The van der Waals surface area contributed by atoms with E-state index in [1.165, 1.54) is 12.0 Å². The molecular weight excluding hydrogens is 262 g/mol. The van der Waals surface area contributed by atoms with Crippen LogP contribution in [0.3, 0.4) is 0 Å². The van der Waals surface area contributed by atoms with Crippen LogP contribution in [0.15, 0.2) is 18.3 Å². The Kier molecular flexibility index (Phi) is 4.32. The van der Waals surface area contributed by atoms with Crippen LogP contribution in [0, 0.1) is 5.92 Å². The molecule has 2 aliphatic rings. The molecule has 1 fully saturated rings. The molecule has 1 aromatic rings. The predicted octanol–water partition coefficient (Wildman–Crippen LogP) is 3.46. The molecule has 1 heterocycles. The summed E-state index contributed by atoms with van der Waals surface area (Å²) in [6.07, 6.45) is 7.80. The van der Waals surface area contributed by atoms with Crippen LogP contribution in [0.1, 0.15) is 63.1 Å². The molecule has 0 saturated heterocycles. The maximum absolute atomic E-state index is 11.2. The second kappa shape index (κ2) is 6.05. The molecule has 0 bridgehead atoms. The van der Waals surface area contributed by atoms with Crippen LogP contribution in [0.5, 0.6) is 0 Å². The lowest BCUT2D eigenvalue weighted by molar-refractivity contribution is -0.155. The molecule has 0 spiro atoms. The largest absolute Gasteiger partial charge is 0.389 e. The van der Waals surface area contributed by atoms with Gasteiger partial charge in [-0.25, -0.2) is 0 Å². The van der Waals surface area contributed by atoms with Crippen LogP contribution in [0.4, 0.5) is 0 Å². The Hall–Kier alpha value is -0.930. The molecule has 3 heteroatoms. The summed E-state index contributed by atoms with van der Waals surface area (Å²) >= 11 is 0. The van der Waals surface area contributed by atoms with E-state index in [0.717, 1.165) is 37.8 Å². The van der Waals surface area contributed by atoms with Crippen molar-refractivity contribution in [3.05, 3.63) is 29.6 Å². The van der Waals surface area contributed by atoms with Gasteiger partial charge in [0.15, 0.2) is 0 Å². The summed E-state index contributed by atoms with van der Waals surface area (Å²) < 4.78 is 6.15. The first-order chi connectivity index (χ1) is 10.2. The zero-order valence-electron chi connectivity index (χ0n) is 13.2. The molecule has 0 radical (unpaired) electrons. The summed E-state index contributed by atoms with van der Waals surface area (Å²) in [7, 11) is 0. The zero-order valence-corrected chi connectivity index (χ0v) is 13.2. The Balaban J connectivity index is 1.87. The third-order valence-corrected chi connectivity index (χ3v) is 5.34. The number of nitrogens with zero attached hydrogens (tertiary/aromatic N) is 1. The van der Waals surface area contributed by atoms with Crippen molar-refractivity contribution in [1.29, 1.82) is 0 Å². The number of aliphatic hydroxyl groups excluding tert-OH is 1. The lowest BCUT2D eigenvalue weighted by atomic mass is 9.72. The SMILES string of the molecule is CCOC1(C(O)C2CCc3cccnc32)CCCC(C)C1. The summed E-state index contributed by atoms with van der Waals surface area (Å²) in [6.45, 7) is 4.99. The lowest BCUT2D eigenvalue weighted by Gasteiger charge is -2.45. The van der Waals surface area contributed by atoms with Gasteiger partial charge in [0, 0.05) is 24.4 Å². The maximum atomic E-state index is 11.2. The molecule has 1 N–H and O–H groups in total. The first-order valence-corrected chi connectivity index (χ1v) is 8.42. The van der Waals surface area contributed by atoms with Crippen molar-refractivity contribution in [3.63, 3.8) is 0 Å². The van der Waals surface area contributed by atoms with Crippen molar-refractivity contribution >= 4 is 0 Å². The Morgan fingerprint density at radius 2 is 2.33 bits per heavy atom. The van der Waals surface area contributed by atoms with E-state index in [9.17, 15) is 5.11 Å². The number of ether oxygens (including phenoxy) is 1. The lowest BCUT2D eigenvalue weighted by Crippen LogP contribution is -2.50. The normalized spacial score (nSPS) is 33.7. The monoisotopic (exact) mass is 289 g/mol. The number of hydrogen-bond donors (Lipinski definition) is 1. The molecule has 4 atom stereocenters. The van der Waals surface area contributed by atoms with Crippen LogP contribution in [-0.2, 0) is 11.2 Å². The number of aryl methyl sites for hydroxylation is 1. The third kappa shape index (κ3) is 2.74. The van der Waals surface area contributed by atoms with Gasteiger partial charge in [-0.05, 0) is 50.2 Å². The van der Waals surface area contributed by atoms with Gasteiger partial charge in [0.1, 0.15) is 0 Å². The van der Waals surface area contributed by atoms with Crippen LogP contribution < -0.4 is 0 Å². The van der Waals surface area contributed by atoms with Crippen molar-refractivity contribution < 1.29 is 9.84 Å². The standard InChI is InChI=1S/C18H27NO2/c1-3-21-18(10-4-6-13(2)12-18)17(20)15-9-8-14-7-5-11-19-16(14)15/h5,7,11,13,15,17,20H,3-4,6,8-10,12H2,1-2H3. The minimum absolute atomic E-state index is 0.137. The molecule has 2 aliphatic carbocycles. The molecule has 3 rings (SSSR count). The van der Waals surface area contributed by atoms with Crippen LogP contribution >= 0.6 is 0 Å². The van der Waals surface area contributed by atoms with Gasteiger partial charge in [-0.2, -0.15) is 0 Å². The van der Waals surface area contributed by atoms with E-state index < -0.39 is 6.10 Å². The smallest absolute Gasteiger partial charge is 0.0949 e. The van der Waals surface area contributed by atoms with Gasteiger partial charge >= 0.3 is 0 Å². The minimum Gasteiger partial charge on any atom is -0.389 e. The van der Waals surface area contributed by atoms with E-state index in [1.807, 2.05) is 19.2 Å². The Morgan fingerprint density at radius 3 is 3.10 bits per heavy atom. The molecule has 21 heavy (non-hydrogen) atoms. The van der Waals surface area contributed by atoms with E-state index in [-0.39, 0.29) is 11.5 Å². The van der Waals surface area contributed by atoms with Crippen LogP contribution in [-0.4, -0.2) is 28.4 Å². The van der Waals surface area contributed by atoms with Crippen molar-refractivity contribution in [2.24, 2.45) is 5.92 Å². The van der Waals surface area contributed by atoms with Gasteiger partial charge in [-0.1, -0.05) is 25.8 Å². The number of fused-ring (bicyclic) bond motifs is 1. The molecule has 1 aromatic heterocycles. The fraction of sp³-hybridized carbons (Fsp3) is 0.722. The molecule has 0 aromatic carbocycles. The fourth-order valence-electron chi connectivity index (χ4n) is 4.43. The van der Waals surface area contributed by atoms with Gasteiger partial charge in [-0.3, -0.25) is 4.98 Å². The van der Waals surface area contributed by atoms with Gasteiger partial charge < -0.3 is 9.84 Å². The second-order valence-corrected chi connectivity index (χ2v) is 6.84. The van der Waals surface area contributed by atoms with Crippen molar-refractivity contribution in [1.82, 2.24) is 4.98 Å². The van der Waals surface area contributed by atoms with E-state index in [0.29, 0.717) is 12.5 Å². The predicted molar refractivity (Wildman–Crippen MR) is 83.3 cm³/mol. The highest BCUT2D eigenvalue weighted by molar-refractivity contribution is 5.30. The van der Waals surface area contributed by atoms with Gasteiger partial charge in [0.25, 0.3) is 0 Å². The molecule has 0 aliphatic heterocycles. The zero-order chi connectivity index (χ0) is 14.9. The van der Waals surface area contributed by atoms with Gasteiger partial charge in [0.2, 0.25) is 0 Å². The number of aromatic nitrogens is 1. The van der Waals surface area contributed by atoms with Crippen molar-refractivity contribution in [2.45, 2.75) is 70.0 Å². The Morgan fingerprint density at radius 1 is 1.48 bits per heavy atom. The van der Waals surface area contributed by atoms with Crippen LogP contribution in [0.25, 0.3) is 0 Å². The molecule has 0 amide bonds. The van der Waals surface area contributed by atoms with E-state index in [2.05, 4.69) is 18.0 Å². The molecule has 4 unspecified atom stereocenters. The first kappa shape index (κ1) is 15.0. The first-order valence-electron chi connectivity index (χ1n) is 8.42. The van der Waals surface area contributed by atoms with E-state index in [4.69, 9.17) is 4.74 Å². The highest BCUT2D eigenvalue weighted by Gasteiger charge is 2.47. The highest BCUT2D eigenvalue weighted by Crippen LogP contribution is 2.45. The number of hydrogen-bond acceptors (Lipinski definition) is 3. The maximum Gasteiger partial charge on any atom is 0.0949 e. The fourth-order valence-corrected chi connectivity index (χ4v) is 4.43. The van der Waals surface area contributed by atoms with Gasteiger partial charge in [0.05, 0.1) is 11.7 Å². The molecule has 116 valence electrons. The van der Waals surface area contributed by atoms with E-state index >= 15 is 0 Å². The number of pyridine rings is 1. The third-order valence-electron chi connectivity index (χ3n) is 5.34. The molecule has 3 nitrogen and oxygen atoms in total. The Labute approximate surface area is 127 Å². The van der Waals surface area contributed by atoms with Crippen LogP contribution in [0.2, 0.25) is 0 Å².